The van der Waals surface area contributed by atoms with E-state index >= 15 is 0 Å². The number of amidine groups is 1. The molecule has 0 atom stereocenters. The van der Waals surface area contributed by atoms with E-state index in [2.05, 4.69) is 30.8 Å². The Morgan fingerprint density at radius 2 is 1.94 bits per heavy atom. The number of hydrazone groups is 1. The maximum atomic E-state index is 14.8. The molecular formula is C23H24F2N10O. The summed E-state index contributed by atoms with van der Waals surface area (Å²) < 4.78 is 35.7. The summed E-state index contributed by atoms with van der Waals surface area (Å²) in [5.74, 6) is 11.0. The van der Waals surface area contributed by atoms with E-state index in [4.69, 9.17) is 16.2 Å². The van der Waals surface area contributed by atoms with E-state index in [9.17, 15) is 8.78 Å². The van der Waals surface area contributed by atoms with E-state index in [1.165, 1.54) is 12.3 Å². The fourth-order valence-electron chi connectivity index (χ4n) is 4.31. The number of rotatable bonds is 6. The lowest BCUT2D eigenvalue weighted by molar-refractivity contribution is 0.421. The van der Waals surface area contributed by atoms with E-state index in [1.807, 2.05) is 4.90 Å². The topological polar surface area (TPSA) is 149 Å². The third kappa shape index (κ3) is 4.60. The Kier molecular flexibility index (Phi) is 6.54. The molecule has 0 radical (unpaired) electrons. The highest BCUT2D eigenvalue weighted by molar-refractivity contribution is 5.84. The maximum absolute atomic E-state index is 14.8. The molecule has 3 aromatic heterocycles. The minimum atomic E-state index is -0.538. The average Bonchev–Trinajstić information content (AvgIpc) is 3.57. The Morgan fingerprint density at radius 1 is 1.14 bits per heavy atom. The van der Waals surface area contributed by atoms with Crippen molar-refractivity contribution in [3.05, 3.63) is 66.1 Å². The average molecular weight is 495 g/mol. The summed E-state index contributed by atoms with van der Waals surface area (Å²) in [7, 11) is 0. The fourth-order valence-corrected chi connectivity index (χ4v) is 4.31. The third-order valence-electron chi connectivity index (χ3n) is 6.18. The molecule has 1 saturated heterocycles. The standard InChI is InChI=1S/C23H24F2N10O/c24-16-4-2-1-3-15(16)13-35-20(18-7-10-36-33-18)11-19(32-35)22-28-12-17(25)23(29-22)34-8-5-14(6-9-34)21(30-26)31-27/h1-4,7,10-12,14H,5-6,8-9,13,26-27H2,(H,30,31). The molecule has 1 aliphatic rings. The van der Waals surface area contributed by atoms with Gasteiger partial charge < -0.3 is 20.7 Å². The molecule has 1 aliphatic heterocycles. The minimum Gasteiger partial charge on any atom is -0.364 e. The lowest BCUT2D eigenvalue weighted by Crippen LogP contribution is -2.43. The molecule has 11 nitrogen and oxygen atoms in total. The minimum absolute atomic E-state index is 0.0553. The summed E-state index contributed by atoms with van der Waals surface area (Å²) in [5, 5.41) is 12.3. The van der Waals surface area contributed by atoms with Gasteiger partial charge in [0, 0.05) is 30.6 Å². The number of nitrogens with one attached hydrogen (secondary N) is 1. The van der Waals surface area contributed by atoms with Crippen molar-refractivity contribution >= 4 is 11.7 Å². The second kappa shape index (κ2) is 10.1. The van der Waals surface area contributed by atoms with Gasteiger partial charge >= 0.3 is 0 Å². The summed E-state index contributed by atoms with van der Waals surface area (Å²) in [6.45, 7) is 1.21. The Balaban J connectivity index is 1.45. The highest BCUT2D eigenvalue weighted by Crippen LogP contribution is 2.28. The third-order valence-corrected chi connectivity index (χ3v) is 6.18. The van der Waals surface area contributed by atoms with Gasteiger partial charge in [0.05, 0.1) is 18.4 Å². The number of hydrogen-bond donors (Lipinski definition) is 3. The highest BCUT2D eigenvalue weighted by Gasteiger charge is 2.26. The number of anilines is 1. The zero-order chi connectivity index (χ0) is 25.1. The van der Waals surface area contributed by atoms with Crippen LogP contribution in [0.1, 0.15) is 18.4 Å². The van der Waals surface area contributed by atoms with Crippen LogP contribution in [-0.2, 0) is 6.54 Å². The number of benzene rings is 1. The van der Waals surface area contributed by atoms with Crippen molar-refractivity contribution in [3.63, 3.8) is 0 Å². The van der Waals surface area contributed by atoms with Gasteiger partial charge in [-0.3, -0.25) is 4.68 Å². The van der Waals surface area contributed by atoms with Crippen molar-refractivity contribution in [1.29, 1.82) is 0 Å². The van der Waals surface area contributed by atoms with Crippen molar-refractivity contribution in [3.8, 4) is 22.9 Å². The largest absolute Gasteiger partial charge is 0.364 e. The van der Waals surface area contributed by atoms with Gasteiger partial charge in [-0.2, -0.15) is 10.2 Å². The van der Waals surface area contributed by atoms with Gasteiger partial charge in [-0.1, -0.05) is 23.4 Å². The van der Waals surface area contributed by atoms with Crippen LogP contribution < -0.4 is 22.0 Å². The fraction of sp³-hybridized carbons (Fsp3) is 0.261. The van der Waals surface area contributed by atoms with Crippen LogP contribution in [0.4, 0.5) is 14.6 Å². The first-order chi connectivity index (χ1) is 17.6. The monoisotopic (exact) mass is 494 g/mol. The molecule has 0 saturated carbocycles. The molecule has 0 bridgehead atoms. The number of nitrogens with zero attached hydrogens (tertiary/aromatic N) is 7. The van der Waals surface area contributed by atoms with E-state index in [0.717, 1.165) is 6.20 Å². The number of halogens is 2. The predicted octanol–water partition coefficient (Wildman–Crippen LogP) is 2.27. The zero-order valence-corrected chi connectivity index (χ0v) is 19.2. The summed E-state index contributed by atoms with van der Waals surface area (Å²) in [6, 6.07) is 9.84. The van der Waals surface area contributed by atoms with Crippen LogP contribution in [0.3, 0.4) is 0 Å². The van der Waals surface area contributed by atoms with Gasteiger partial charge in [0.15, 0.2) is 17.5 Å². The van der Waals surface area contributed by atoms with Crippen LogP contribution in [-0.4, -0.2) is 43.8 Å². The number of hydrazine groups is 1. The number of hydrogen-bond acceptors (Lipinski definition) is 9. The van der Waals surface area contributed by atoms with Gasteiger partial charge in [-0.25, -0.2) is 24.6 Å². The van der Waals surface area contributed by atoms with Crippen LogP contribution in [0.15, 0.2) is 58.5 Å². The molecule has 4 aromatic rings. The molecule has 0 spiro atoms. The van der Waals surface area contributed by atoms with E-state index in [-0.39, 0.29) is 29.9 Å². The smallest absolute Gasteiger partial charge is 0.183 e. The Hall–Kier alpha value is -4.39. The van der Waals surface area contributed by atoms with Crippen LogP contribution in [0, 0.1) is 17.6 Å². The molecule has 0 aliphatic carbocycles. The molecule has 186 valence electrons. The van der Waals surface area contributed by atoms with Gasteiger partial charge in [0.25, 0.3) is 0 Å². The number of nitrogens with two attached hydrogens (primary N) is 2. The SMILES string of the molecule is N/N=C(\NN)C1CCN(c2nc(-c3cc(-c4ccon4)n(Cc4ccccc4F)n3)ncc2F)CC1. The zero-order valence-electron chi connectivity index (χ0n) is 19.2. The molecule has 36 heavy (non-hydrogen) atoms. The van der Waals surface area contributed by atoms with Crippen molar-refractivity contribution in [2.75, 3.05) is 18.0 Å². The van der Waals surface area contributed by atoms with E-state index in [0.29, 0.717) is 54.4 Å². The second-order valence-electron chi connectivity index (χ2n) is 8.33. The van der Waals surface area contributed by atoms with Gasteiger partial charge in [-0.15, -0.1) is 0 Å². The van der Waals surface area contributed by atoms with Gasteiger partial charge in [0.2, 0.25) is 0 Å². The molecule has 1 aromatic carbocycles. The molecule has 13 heteroatoms. The van der Waals surface area contributed by atoms with Crippen LogP contribution >= 0.6 is 0 Å². The van der Waals surface area contributed by atoms with E-state index in [1.54, 1.807) is 35.0 Å². The summed E-state index contributed by atoms with van der Waals surface area (Å²) in [6.07, 6.45) is 3.91. The molecule has 4 heterocycles. The molecule has 5 rings (SSSR count). The van der Waals surface area contributed by atoms with Gasteiger partial charge in [-0.05, 0) is 25.0 Å². The Bertz CT molecular complexity index is 1360. The summed E-state index contributed by atoms with van der Waals surface area (Å²) >= 11 is 0. The summed E-state index contributed by atoms with van der Waals surface area (Å²) in [5.41, 5.74) is 4.46. The Labute approximate surface area is 204 Å². The molecule has 0 unspecified atom stereocenters. The molecule has 5 N–H and O–H groups in total. The highest BCUT2D eigenvalue weighted by atomic mass is 19.1. The van der Waals surface area contributed by atoms with Crippen molar-refractivity contribution in [1.82, 2.24) is 30.3 Å². The quantitative estimate of drug-likeness (QED) is 0.159. The lowest BCUT2D eigenvalue weighted by atomic mass is 9.95. The first kappa shape index (κ1) is 23.4. The first-order valence-electron chi connectivity index (χ1n) is 11.3. The second-order valence-corrected chi connectivity index (χ2v) is 8.33. The lowest BCUT2D eigenvalue weighted by Gasteiger charge is -2.33. The van der Waals surface area contributed by atoms with Crippen LogP contribution in [0.5, 0.6) is 0 Å². The van der Waals surface area contributed by atoms with Crippen molar-refractivity contribution < 1.29 is 13.3 Å². The van der Waals surface area contributed by atoms with Crippen molar-refractivity contribution in [2.24, 2.45) is 22.7 Å². The van der Waals surface area contributed by atoms with Crippen LogP contribution in [0.25, 0.3) is 22.9 Å². The number of piperidine rings is 1. The van der Waals surface area contributed by atoms with E-state index < -0.39 is 5.82 Å². The van der Waals surface area contributed by atoms with Crippen molar-refractivity contribution in [2.45, 2.75) is 19.4 Å². The first-order valence-corrected chi connectivity index (χ1v) is 11.3. The van der Waals surface area contributed by atoms with Gasteiger partial charge in [0.1, 0.15) is 29.3 Å². The molecular weight excluding hydrogens is 470 g/mol. The normalized spacial score (nSPS) is 14.9. The predicted molar refractivity (Wildman–Crippen MR) is 128 cm³/mol. The summed E-state index contributed by atoms with van der Waals surface area (Å²) in [4.78, 5) is 10.5. The number of aromatic nitrogens is 5. The molecule has 0 amide bonds. The maximum Gasteiger partial charge on any atom is 0.183 e. The Morgan fingerprint density at radius 3 is 2.64 bits per heavy atom. The van der Waals surface area contributed by atoms with Crippen LogP contribution in [0.2, 0.25) is 0 Å². The molecule has 1 fully saturated rings.